The highest BCUT2D eigenvalue weighted by atomic mass is 35.5. The van der Waals surface area contributed by atoms with Crippen molar-refractivity contribution in [3.8, 4) is 0 Å². The first kappa shape index (κ1) is 14.1. The Balaban J connectivity index is 1.88. The predicted molar refractivity (Wildman–Crippen MR) is 80.4 cm³/mol. The zero-order valence-electron chi connectivity index (χ0n) is 10.7. The molecule has 1 aliphatic heterocycles. The third-order valence-corrected chi connectivity index (χ3v) is 4.59. The van der Waals surface area contributed by atoms with Crippen molar-refractivity contribution in [2.24, 2.45) is 5.92 Å². The molecule has 2 nitrogen and oxygen atoms in total. The van der Waals surface area contributed by atoms with Gasteiger partial charge >= 0.3 is 0 Å². The average molecular weight is 285 g/mol. The van der Waals surface area contributed by atoms with E-state index in [1.165, 1.54) is 24.3 Å². The van der Waals surface area contributed by atoms with Gasteiger partial charge in [0.25, 0.3) is 0 Å². The molecule has 100 valence electrons. The van der Waals surface area contributed by atoms with E-state index in [1.807, 2.05) is 12.1 Å². The molecule has 1 aromatic heterocycles. The molecule has 0 radical (unpaired) electrons. The number of hydrogen-bond donors (Lipinski definition) is 1. The molecule has 4 heteroatoms. The van der Waals surface area contributed by atoms with Gasteiger partial charge in [-0.25, -0.2) is 0 Å². The second-order valence-electron chi connectivity index (χ2n) is 4.88. The predicted octanol–water partition coefficient (Wildman–Crippen LogP) is 3.39. The number of nitrogens with zero attached hydrogens (tertiary/aromatic N) is 1. The number of halogens is 1. The molecular formula is C14H21ClN2S. The molecule has 1 saturated heterocycles. The highest BCUT2D eigenvalue weighted by Crippen LogP contribution is 2.23. The van der Waals surface area contributed by atoms with Gasteiger partial charge in [0.15, 0.2) is 0 Å². The van der Waals surface area contributed by atoms with Gasteiger partial charge in [0.2, 0.25) is 0 Å². The highest BCUT2D eigenvalue weighted by Gasteiger charge is 2.16. The van der Waals surface area contributed by atoms with Crippen molar-refractivity contribution in [2.75, 3.05) is 26.2 Å². The van der Waals surface area contributed by atoms with Crippen molar-refractivity contribution in [1.82, 2.24) is 10.2 Å². The molecule has 0 bridgehead atoms. The summed E-state index contributed by atoms with van der Waals surface area (Å²) in [6.45, 7) is 9.31. The lowest BCUT2D eigenvalue weighted by atomic mass is 9.97. The lowest BCUT2D eigenvalue weighted by Crippen LogP contribution is -2.35. The minimum absolute atomic E-state index is 0.821. The van der Waals surface area contributed by atoms with Crippen molar-refractivity contribution < 1.29 is 0 Å². The van der Waals surface area contributed by atoms with Crippen molar-refractivity contribution in [1.29, 1.82) is 0 Å². The van der Waals surface area contributed by atoms with E-state index in [2.05, 4.69) is 22.9 Å². The molecule has 1 aliphatic rings. The fourth-order valence-electron chi connectivity index (χ4n) is 2.47. The molecule has 18 heavy (non-hydrogen) atoms. The summed E-state index contributed by atoms with van der Waals surface area (Å²) in [5, 5.41) is 3.42. The van der Waals surface area contributed by atoms with Crippen molar-refractivity contribution in [2.45, 2.75) is 19.4 Å². The SMILES string of the molecule is C=CCN(Cc1ccc(Cl)s1)CC1CCNCC1. The van der Waals surface area contributed by atoms with Crippen LogP contribution in [-0.2, 0) is 6.54 Å². The molecule has 1 N–H and O–H groups in total. The standard InChI is InChI=1S/C14H21ClN2S/c1-2-9-17(10-12-5-7-16-8-6-12)11-13-3-4-14(15)18-13/h2-4,12,16H,1,5-11H2. The van der Waals surface area contributed by atoms with E-state index >= 15 is 0 Å². The van der Waals surface area contributed by atoms with Crippen molar-refractivity contribution in [3.05, 3.63) is 34.0 Å². The van der Waals surface area contributed by atoms with Gasteiger partial charge in [-0.15, -0.1) is 17.9 Å². The zero-order valence-corrected chi connectivity index (χ0v) is 12.3. The van der Waals surface area contributed by atoms with Gasteiger partial charge in [0.05, 0.1) is 4.34 Å². The molecule has 2 heterocycles. The number of piperidine rings is 1. The Morgan fingerprint density at radius 1 is 1.44 bits per heavy atom. The summed E-state index contributed by atoms with van der Waals surface area (Å²) >= 11 is 7.67. The third kappa shape index (κ3) is 4.39. The molecule has 0 saturated carbocycles. The smallest absolute Gasteiger partial charge is 0.0931 e. The van der Waals surface area contributed by atoms with Gasteiger partial charge in [0, 0.05) is 24.5 Å². The third-order valence-electron chi connectivity index (χ3n) is 3.37. The molecule has 0 atom stereocenters. The normalized spacial score (nSPS) is 17.2. The Bertz CT molecular complexity index is 372. The highest BCUT2D eigenvalue weighted by molar-refractivity contribution is 7.16. The Labute approximate surface area is 119 Å². The molecule has 0 aliphatic carbocycles. The maximum atomic E-state index is 5.98. The minimum Gasteiger partial charge on any atom is -0.317 e. The number of thiophene rings is 1. The maximum absolute atomic E-state index is 5.98. The Morgan fingerprint density at radius 2 is 2.22 bits per heavy atom. The van der Waals surface area contributed by atoms with Gasteiger partial charge in [-0.2, -0.15) is 0 Å². The number of rotatable bonds is 6. The van der Waals surface area contributed by atoms with Crippen LogP contribution in [0.3, 0.4) is 0 Å². The fourth-order valence-corrected chi connectivity index (χ4v) is 3.60. The van der Waals surface area contributed by atoms with E-state index in [9.17, 15) is 0 Å². The van der Waals surface area contributed by atoms with E-state index in [4.69, 9.17) is 11.6 Å². The zero-order chi connectivity index (χ0) is 12.8. The molecule has 2 rings (SSSR count). The van der Waals surface area contributed by atoms with Gasteiger partial charge in [-0.05, 0) is 44.0 Å². The van der Waals surface area contributed by atoms with Crippen LogP contribution in [0, 0.1) is 5.92 Å². The van der Waals surface area contributed by atoms with Crippen LogP contribution < -0.4 is 5.32 Å². The van der Waals surface area contributed by atoms with E-state index in [0.29, 0.717) is 0 Å². The summed E-state index contributed by atoms with van der Waals surface area (Å²) in [6, 6.07) is 4.11. The second-order valence-corrected chi connectivity index (χ2v) is 6.68. The largest absolute Gasteiger partial charge is 0.317 e. The van der Waals surface area contributed by atoms with E-state index < -0.39 is 0 Å². The quantitative estimate of drug-likeness (QED) is 0.806. The lowest BCUT2D eigenvalue weighted by Gasteiger charge is -2.29. The summed E-state index contributed by atoms with van der Waals surface area (Å²) in [6.07, 6.45) is 4.58. The Hall–Kier alpha value is -0.350. The molecule has 0 unspecified atom stereocenters. The summed E-state index contributed by atoms with van der Waals surface area (Å²) < 4.78 is 0.880. The molecule has 1 aromatic rings. The van der Waals surface area contributed by atoms with Crippen LogP contribution in [0.4, 0.5) is 0 Å². The van der Waals surface area contributed by atoms with Crippen molar-refractivity contribution in [3.63, 3.8) is 0 Å². The van der Waals surface area contributed by atoms with Crippen LogP contribution in [0.5, 0.6) is 0 Å². The summed E-state index contributed by atoms with van der Waals surface area (Å²) in [4.78, 5) is 3.82. The van der Waals surface area contributed by atoms with Crippen LogP contribution >= 0.6 is 22.9 Å². The van der Waals surface area contributed by atoms with Crippen LogP contribution in [-0.4, -0.2) is 31.1 Å². The molecule has 0 aromatic carbocycles. The molecule has 0 spiro atoms. The lowest BCUT2D eigenvalue weighted by molar-refractivity contribution is 0.217. The van der Waals surface area contributed by atoms with Crippen LogP contribution in [0.1, 0.15) is 17.7 Å². The van der Waals surface area contributed by atoms with Crippen LogP contribution in [0.25, 0.3) is 0 Å². The summed E-state index contributed by atoms with van der Waals surface area (Å²) in [5.74, 6) is 0.821. The molecular weight excluding hydrogens is 264 g/mol. The molecule has 1 fully saturated rings. The van der Waals surface area contributed by atoms with E-state index in [1.54, 1.807) is 11.3 Å². The molecule has 0 amide bonds. The summed E-state index contributed by atoms with van der Waals surface area (Å²) in [5.41, 5.74) is 0. The fraction of sp³-hybridized carbons (Fsp3) is 0.571. The first-order chi connectivity index (χ1) is 8.78. The van der Waals surface area contributed by atoms with E-state index in [0.717, 1.165) is 36.4 Å². The Morgan fingerprint density at radius 3 is 2.83 bits per heavy atom. The van der Waals surface area contributed by atoms with Crippen LogP contribution in [0.15, 0.2) is 24.8 Å². The number of nitrogens with one attached hydrogen (secondary N) is 1. The van der Waals surface area contributed by atoms with Gasteiger partial charge in [-0.3, -0.25) is 4.90 Å². The minimum atomic E-state index is 0.821. The number of hydrogen-bond acceptors (Lipinski definition) is 3. The maximum Gasteiger partial charge on any atom is 0.0931 e. The van der Waals surface area contributed by atoms with Crippen molar-refractivity contribution >= 4 is 22.9 Å². The first-order valence-electron chi connectivity index (χ1n) is 6.56. The van der Waals surface area contributed by atoms with Gasteiger partial charge in [-0.1, -0.05) is 17.7 Å². The Kier molecular flexibility index (Phi) is 5.70. The average Bonchev–Trinajstić information content (AvgIpc) is 2.76. The monoisotopic (exact) mass is 284 g/mol. The van der Waals surface area contributed by atoms with Crippen LogP contribution in [0.2, 0.25) is 4.34 Å². The topological polar surface area (TPSA) is 15.3 Å². The second kappa shape index (κ2) is 7.29. The van der Waals surface area contributed by atoms with E-state index in [-0.39, 0.29) is 0 Å². The first-order valence-corrected chi connectivity index (χ1v) is 7.75. The van der Waals surface area contributed by atoms with Gasteiger partial charge < -0.3 is 5.32 Å². The summed E-state index contributed by atoms with van der Waals surface area (Å²) in [7, 11) is 0. The van der Waals surface area contributed by atoms with Gasteiger partial charge in [0.1, 0.15) is 0 Å².